The Morgan fingerprint density at radius 1 is 0.228 bits per heavy atom. The minimum absolute atomic E-state index is 0.00906. The van der Waals surface area contributed by atoms with E-state index >= 15 is 0 Å². The molecule has 2 bridgehead atoms. The Kier molecular flexibility index (Phi) is 14.7. The summed E-state index contributed by atoms with van der Waals surface area (Å²) in [6.07, 6.45) is 0. The summed E-state index contributed by atoms with van der Waals surface area (Å²) in [5, 5.41) is 12.9. The lowest BCUT2D eigenvalue weighted by Gasteiger charge is -2.47. The molecule has 4 nitrogen and oxygen atoms in total. The lowest BCUT2D eigenvalue weighted by atomic mass is 9.60. The molecule has 0 saturated heterocycles. The molecule has 0 radical (unpaired) electrons. The molecule has 2 aromatic heterocycles. The summed E-state index contributed by atoms with van der Waals surface area (Å²) in [7, 11) is -6.28. The second-order valence-electron chi connectivity index (χ2n) is 26.8. The molecule has 474 valence electrons. The molecule has 15 aromatic carbocycles. The Morgan fingerprint density at radius 3 is 1.21 bits per heavy atom. The van der Waals surface area contributed by atoms with Crippen LogP contribution < -0.4 is 41.5 Å². The van der Waals surface area contributed by atoms with Crippen molar-refractivity contribution in [3.8, 4) is 62.1 Å². The zero-order chi connectivity index (χ0) is 66.9. The van der Waals surface area contributed by atoms with Gasteiger partial charge in [0.15, 0.2) is 27.8 Å². The van der Waals surface area contributed by atoms with Crippen molar-refractivity contribution in [2.75, 3.05) is 0 Å². The molecule has 3 aliphatic carbocycles. The van der Waals surface area contributed by atoms with Crippen LogP contribution in [-0.4, -0.2) is 35.7 Å². The molecule has 2 unspecified atom stereocenters. The molecular formula is C95H66N4Si2. The highest BCUT2D eigenvalue weighted by Crippen LogP contribution is 2.58. The van der Waals surface area contributed by atoms with Crippen LogP contribution in [0.3, 0.4) is 0 Å². The highest BCUT2D eigenvalue weighted by Gasteiger charge is 2.50. The molecule has 0 N–H and O–H groups in total. The summed E-state index contributed by atoms with van der Waals surface area (Å²) in [6.45, 7) is 0. The summed E-state index contributed by atoms with van der Waals surface area (Å²) in [4.78, 5) is 16.7. The number of hydrogen-bond acceptors (Lipinski definition) is 3. The molecule has 20 rings (SSSR count). The van der Waals surface area contributed by atoms with Gasteiger partial charge in [0.25, 0.3) is 0 Å². The third-order valence-electron chi connectivity index (χ3n) is 21.5. The van der Waals surface area contributed by atoms with E-state index in [1.165, 1.54) is 103 Å². The van der Waals surface area contributed by atoms with Crippen LogP contribution in [0.1, 0.15) is 45.2 Å². The summed E-state index contributed by atoms with van der Waals surface area (Å²) < 4.78 is 2.29. The first-order chi connectivity index (χ1) is 50.1. The molecule has 3 aliphatic rings. The number of nitrogens with zero attached hydrogens (tertiary/aromatic N) is 4. The monoisotopic (exact) mass is 1320 g/mol. The van der Waals surface area contributed by atoms with Gasteiger partial charge in [-0.15, -0.1) is 0 Å². The van der Waals surface area contributed by atoms with Gasteiger partial charge >= 0.3 is 0 Å². The van der Waals surface area contributed by atoms with Gasteiger partial charge in [0, 0.05) is 33.7 Å². The Morgan fingerprint density at radius 2 is 0.624 bits per heavy atom. The summed E-state index contributed by atoms with van der Waals surface area (Å²) >= 11 is 0. The number of aromatic nitrogens is 4. The first-order valence-corrected chi connectivity index (χ1v) is 39.0. The summed E-state index contributed by atoms with van der Waals surface area (Å²) in [5.74, 6) is 1.63. The van der Waals surface area contributed by atoms with Crippen LogP contribution in [0.2, 0.25) is 0 Å². The largest absolute Gasteiger partial charge is 0.278 e. The van der Waals surface area contributed by atoms with Crippen LogP contribution in [0.15, 0.2) is 388 Å². The van der Waals surface area contributed by atoms with Crippen LogP contribution in [0.5, 0.6) is 0 Å². The van der Waals surface area contributed by atoms with Crippen LogP contribution >= 0.6 is 0 Å². The van der Waals surface area contributed by atoms with E-state index in [1.807, 2.05) is 0 Å². The number of rotatable bonds is 14. The van der Waals surface area contributed by atoms with Gasteiger partial charge in [-0.05, 0) is 126 Å². The van der Waals surface area contributed by atoms with Crippen molar-refractivity contribution in [2.45, 2.75) is 11.8 Å². The molecule has 101 heavy (non-hydrogen) atoms. The zero-order valence-corrected chi connectivity index (χ0v) is 57.4. The van der Waals surface area contributed by atoms with E-state index in [4.69, 9.17) is 15.0 Å². The molecule has 2 atom stereocenters. The fraction of sp³-hybridized carbons (Fsp3) is 0.0211. The summed E-state index contributed by atoms with van der Waals surface area (Å²) in [5.41, 5.74) is 19.2. The van der Waals surface area contributed by atoms with Crippen molar-refractivity contribution < 1.29 is 0 Å². The van der Waals surface area contributed by atoms with Crippen molar-refractivity contribution in [3.05, 3.63) is 422 Å². The number of hydrogen-bond donors (Lipinski definition) is 0. The lowest BCUT2D eigenvalue weighted by molar-refractivity contribution is 0.760. The van der Waals surface area contributed by atoms with Gasteiger partial charge in [0.1, 0.15) is 0 Å². The fourth-order valence-corrected chi connectivity index (χ4v) is 27.2. The van der Waals surface area contributed by atoms with E-state index in [2.05, 4.69) is 393 Å². The quantitative estimate of drug-likeness (QED) is 0.0805. The Bertz CT molecular complexity index is 5790. The van der Waals surface area contributed by atoms with Gasteiger partial charge in [0.2, 0.25) is 5.95 Å². The second kappa shape index (κ2) is 24.8. The van der Waals surface area contributed by atoms with Gasteiger partial charge in [-0.2, -0.15) is 9.97 Å². The Balaban J connectivity index is 0.818. The maximum Gasteiger partial charge on any atom is 0.238 e. The maximum absolute atomic E-state index is 5.69. The summed E-state index contributed by atoms with van der Waals surface area (Å²) in [6, 6.07) is 145. The van der Waals surface area contributed by atoms with Gasteiger partial charge in [0.05, 0.1) is 11.0 Å². The van der Waals surface area contributed by atoms with Gasteiger partial charge < -0.3 is 0 Å². The molecule has 2 heterocycles. The predicted molar refractivity (Wildman–Crippen MR) is 423 cm³/mol. The minimum Gasteiger partial charge on any atom is -0.278 e. The number of benzene rings is 15. The Labute approximate surface area is 590 Å². The third-order valence-corrected chi connectivity index (χ3v) is 31.1. The van der Waals surface area contributed by atoms with E-state index in [0.29, 0.717) is 17.6 Å². The molecule has 6 heteroatoms. The standard InChI is InChI=1S/C95H66N4Si2/c1-8-31-65(32-9-1)68-37-27-49-76(62-68)101(75-47-20-7-21-48-75,77-50-28-38-69(63-77)66-33-10-2-11-34-66)88-58-30-56-85-89-82-52-22-23-53-83(82)92(91(85)88)90-79(54-29-55-84(89)90)70-39-26-40-71(61-70)94-96-93(67-35-12-3-13-36-67)97-95(98-94)99-86-57-25-24-51-80(86)81-60-59-78(64-87(81)99)100(72-41-14-4-15-42-72,73-43-16-5-17-44-73)74-45-18-6-19-46-74/h1-64,89,92H. The van der Waals surface area contributed by atoms with E-state index in [9.17, 15) is 0 Å². The average Bonchev–Trinajstić information content (AvgIpc) is 1.21. The highest BCUT2D eigenvalue weighted by molar-refractivity contribution is 7.20. The van der Waals surface area contributed by atoms with Crippen molar-refractivity contribution in [1.82, 2.24) is 19.5 Å². The lowest BCUT2D eigenvalue weighted by Crippen LogP contribution is -2.75. The molecule has 0 spiro atoms. The first kappa shape index (κ1) is 59.8. The van der Waals surface area contributed by atoms with Crippen molar-refractivity contribution in [1.29, 1.82) is 0 Å². The zero-order valence-electron chi connectivity index (χ0n) is 55.4. The smallest absolute Gasteiger partial charge is 0.238 e. The van der Waals surface area contributed by atoms with Crippen LogP contribution in [0.25, 0.3) is 83.9 Å². The van der Waals surface area contributed by atoms with E-state index in [1.54, 1.807) is 0 Å². The first-order valence-electron chi connectivity index (χ1n) is 35.0. The molecule has 17 aromatic rings. The fourth-order valence-electron chi connectivity index (χ4n) is 17.3. The normalized spacial score (nSPS) is 13.7. The van der Waals surface area contributed by atoms with Gasteiger partial charge in [-0.3, -0.25) is 4.57 Å². The molecule has 0 fully saturated rings. The van der Waals surface area contributed by atoms with Crippen LogP contribution in [0, 0.1) is 0 Å². The Hall–Kier alpha value is -12.5. The van der Waals surface area contributed by atoms with E-state index in [-0.39, 0.29) is 11.8 Å². The van der Waals surface area contributed by atoms with E-state index < -0.39 is 16.1 Å². The van der Waals surface area contributed by atoms with Crippen molar-refractivity contribution in [2.24, 2.45) is 0 Å². The molecular weight excluding hydrogens is 1250 g/mol. The van der Waals surface area contributed by atoms with Crippen molar-refractivity contribution >= 4 is 79.4 Å². The van der Waals surface area contributed by atoms with Gasteiger partial charge in [-0.25, -0.2) is 4.98 Å². The van der Waals surface area contributed by atoms with Crippen LogP contribution in [0.4, 0.5) is 0 Å². The average molecular weight is 1320 g/mol. The SMILES string of the molecule is c1ccc(-c2cccc([Si](c3ccccc3)(c3cccc(-c4ccccc4)c3)c3cccc4c3C3c5ccccc5C4c4cccc(-c5cccc(-c6nc(-c7ccccc7)nc(-n7c8ccccc8c8ccc([Si](c9ccccc9)(c9ccccc9)c9ccccc9)cc87)n6)c5)c43)c2)cc1. The number of para-hydroxylation sites is 1. The third kappa shape index (κ3) is 9.73. The molecule has 0 saturated carbocycles. The molecule has 0 aliphatic heterocycles. The minimum atomic E-state index is -3.32. The van der Waals surface area contributed by atoms with Crippen LogP contribution in [-0.2, 0) is 0 Å². The topological polar surface area (TPSA) is 43.6 Å². The van der Waals surface area contributed by atoms with Crippen molar-refractivity contribution in [3.63, 3.8) is 0 Å². The predicted octanol–water partition coefficient (Wildman–Crippen LogP) is 17.0. The number of fused-ring (bicyclic) bond motifs is 3. The van der Waals surface area contributed by atoms with E-state index in [0.717, 1.165) is 38.5 Å². The maximum atomic E-state index is 5.69. The highest BCUT2D eigenvalue weighted by atomic mass is 28.3. The molecule has 0 amide bonds. The second-order valence-corrected chi connectivity index (χ2v) is 34.4. The van der Waals surface area contributed by atoms with Gasteiger partial charge in [-0.1, -0.05) is 370 Å².